The second-order valence-corrected chi connectivity index (χ2v) is 3.59. The highest BCUT2D eigenvalue weighted by molar-refractivity contribution is 5.77. The van der Waals surface area contributed by atoms with Gasteiger partial charge >= 0.3 is 0 Å². The van der Waals surface area contributed by atoms with Gasteiger partial charge in [-0.05, 0) is 5.56 Å². The first-order valence-electron chi connectivity index (χ1n) is 5.34. The second kappa shape index (κ2) is 6.98. The van der Waals surface area contributed by atoms with Crippen LogP contribution in [-0.4, -0.2) is 42.7 Å². The summed E-state index contributed by atoms with van der Waals surface area (Å²) in [6.07, 6.45) is 0. The van der Waals surface area contributed by atoms with Crippen LogP contribution in [0, 0.1) is 0 Å². The van der Waals surface area contributed by atoms with Crippen LogP contribution >= 0.6 is 0 Å². The van der Waals surface area contributed by atoms with E-state index in [0.29, 0.717) is 19.6 Å². The average Bonchev–Trinajstić information content (AvgIpc) is 2.30. The van der Waals surface area contributed by atoms with Crippen molar-refractivity contribution in [2.45, 2.75) is 6.54 Å². The monoisotopic (exact) mass is 222 g/mol. The van der Waals surface area contributed by atoms with Gasteiger partial charge < -0.3 is 10.4 Å². The molecule has 0 heterocycles. The van der Waals surface area contributed by atoms with Crippen LogP contribution in [0.25, 0.3) is 0 Å². The van der Waals surface area contributed by atoms with Crippen molar-refractivity contribution in [2.24, 2.45) is 0 Å². The van der Waals surface area contributed by atoms with Crippen LogP contribution in [0.3, 0.4) is 0 Å². The number of amides is 1. The Balaban J connectivity index is 2.54. The van der Waals surface area contributed by atoms with Crippen molar-refractivity contribution in [3.63, 3.8) is 0 Å². The Kier molecular flexibility index (Phi) is 5.53. The molecule has 2 N–H and O–H groups in total. The first-order valence-corrected chi connectivity index (χ1v) is 5.34. The van der Waals surface area contributed by atoms with Gasteiger partial charge in [-0.3, -0.25) is 9.69 Å². The lowest BCUT2D eigenvalue weighted by atomic mass is 10.2. The third-order valence-corrected chi connectivity index (χ3v) is 2.31. The highest BCUT2D eigenvalue weighted by Gasteiger charge is 2.09. The number of nitrogens with one attached hydrogen (secondary N) is 1. The van der Waals surface area contributed by atoms with Gasteiger partial charge in [0, 0.05) is 20.1 Å². The molecule has 0 aliphatic rings. The average molecular weight is 222 g/mol. The molecule has 1 aromatic carbocycles. The summed E-state index contributed by atoms with van der Waals surface area (Å²) in [6, 6.07) is 9.90. The fraction of sp³-hybridized carbons (Fsp3) is 0.417. The van der Waals surface area contributed by atoms with E-state index in [1.807, 2.05) is 35.2 Å². The Morgan fingerprint density at radius 1 is 1.38 bits per heavy atom. The van der Waals surface area contributed by atoms with Crippen LogP contribution in [-0.2, 0) is 11.3 Å². The van der Waals surface area contributed by atoms with Crippen LogP contribution in [0.2, 0.25) is 0 Å². The van der Waals surface area contributed by atoms with Crippen LogP contribution in [0.1, 0.15) is 5.56 Å². The zero-order valence-corrected chi connectivity index (χ0v) is 9.52. The third kappa shape index (κ3) is 4.42. The maximum absolute atomic E-state index is 11.3. The second-order valence-electron chi connectivity index (χ2n) is 3.59. The number of rotatable bonds is 6. The zero-order chi connectivity index (χ0) is 11.8. The van der Waals surface area contributed by atoms with E-state index in [-0.39, 0.29) is 12.5 Å². The standard InChI is InChI=1S/C12H18N2O2/c1-13-12(16)10-14(7-8-15)9-11-5-3-2-4-6-11/h2-6,15H,7-10H2,1H3,(H,13,16). The SMILES string of the molecule is CNC(=O)CN(CCO)Cc1ccccc1. The number of hydrogen-bond acceptors (Lipinski definition) is 3. The predicted octanol–water partition coefficient (Wildman–Crippen LogP) is 0.227. The number of aliphatic hydroxyl groups excluding tert-OH is 1. The molecule has 1 aromatic rings. The molecule has 0 saturated heterocycles. The molecule has 0 fully saturated rings. The van der Waals surface area contributed by atoms with Crippen LogP contribution in [0.5, 0.6) is 0 Å². The van der Waals surface area contributed by atoms with E-state index in [2.05, 4.69) is 5.32 Å². The van der Waals surface area contributed by atoms with Crippen molar-refractivity contribution in [3.05, 3.63) is 35.9 Å². The molecular formula is C12H18N2O2. The number of carbonyl (C=O) groups is 1. The Morgan fingerprint density at radius 3 is 2.62 bits per heavy atom. The first-order chi connectivity index (χ1) is 7.76. The summed E-state index contributed by atoms with van der Waals surface area (Å²) in [4.78, 5) is 13.2. The van der Waals surface area contributed by atoms with E-state index in [4.69, 9.17) is 5.11 Å². The summed E-state index contributed by atoms with van der Waals surface area (Å²) in [6.45, 7) is 1.55. The zero-order valence-electron chi connectivity index (χ0n) is 9.52. The third-order valence-electron chi connectivity index (χ3n) is 2.31. The normalized spacial score (nSPS) is 10.4. The molecule has 4 nitrogen and oxygen atoms in total. The van der Waals surface area contributed by atoms with E-state index in [1.165, 1.54) is 0 Å². The largest absolute Gasteiger partial charge is 0.395 e. The predicted molar refractivity (Wildman–Crippen MR) is 62.9 cm³/mol. The Hall–Kier alpha value is -1.39. The van der Waals surface area contributed by atoms with Gasteiger partial charge in [-0.1, -0.05) is 30.3 Å². The Bertz CT molecular complexity index is 314. The van der Waals surface area contributed by atoms with Crippen molar-refractivity contribution >= 4 is 5.91 Å². The number of nitrogens with zero attached hydrogens (tertiary/aromatic N) is 1. The smallest absolute Gasteiger partial charge is 0.233 e. The molecule has 0 aliphatic carbocycles. The van der Waals surface area contributed by atoms with E-state index < -0.39 is 0 Å². The molecule has 0 aromatic heterocycles. The molecule has 1 rings (SSSR count). The maximum Gasteiger partial charge on any atom is 0.233 e. The number of aliphatic hydroxyl groups is 1. The molecule has 0 aliphatic heterocycles. The van der Waals surface area contributed by atoms with Gasteiger partial charge in [0.1, 0.15) is 0 Å². The van der Waals surface area contributed by atoms with Crippen molar-refractivity contribution in [1.29, 1.82) is 0 Å². The Labute approximate surface area is 95.9 Å². The lowest BCUT2D eigenvalue weighted by Gasteiger charge is -2.20. The summed E-state index contributed by atoms with van der Waals surface area (Å²) in [7, 11) is 1.61. The quantitative estimate of drug-likeness (QED) is 0.724. The van der Waals surface area contributed by atoms with Gasteiger partial charge in [0.2, 0.25) is 5.91 Å². The highest BCUT2D eigenvalue weighted by atomic mass is 16.3. The molecule has 0 spiro atoms. The van der Waals surface area contributed by atoms with Gasteiger partial charge in [-0.2, -0.15) is 0 Å². The number of carbonyl (C=O) groups excluding carboxylic acids is 1. The van der Waals surface area contributed by atoms with Crippen LogP contribution in [0.15, 0.2) is 30.3 Å². The van der Waals surface area contributed by atoms with Crippen LogP contribution < -0.4 is 5.32 Å². The first kappa shape index (κ1) is 12.7. The van der Waals surface area contributed by atoms with Gasteiger partial charge in [-0.25, -0.2) is 0 Å². The molecule has 0 unspecified atom stereocenters. The fourth-order valence-corrected chi connectivity index (χ4v) is 1.48. The van der Waals surface area contributed by atoms with Gasteiger partial charge in [0.25, 0.3) is 0 Å². The van der Waals surface area contributed by atoms with E-state index in [0.717, 1.165) is 5.56 Å². The summed E-state index contributed by atoms with van der Waals surface area (Å²) < 4.78 is 0. The van der Waals surface area contributed by atoms with Crippen LogP contribution in [0.4, 0.5) is 0 Å². The number of benzene rings is 1. The summed E-state index contributed by atoms with van der Waals surface area (Å²) in [5, 5.41) is 11.5. The molecule has 1 amide bonds. The van der Waals surface area contributed by atoms with Gasteiger partial charge in [-0.15, -0.1) is 0 Å². The van der Waals surface area contributed by atoms with Gasteiger partial charge in [0.15, 0.2) is 0 Å². The molecule has 0 radical (unpaired) electrons. The van der Waals surface area contributed by atoms with E-state index in [9.17, 15) is 4.79 Å². The fourth-order valence-electron chi connectivity index (χ4n) is 1.48. The highest BCUT2D eigenvalue weighted by Crippen LogP contribution is 2.03. The molecule has 16 heavy (non-hydrogen) atoms. The molecule has 0 atom stereocenters. The molecule has 4 heteroatoms. The van der Waals surface area contributed by atoms with Gasteiger partial charge in [0.05, 0.1) is 13.2 Å². The van der Waals surface area contributed by atoms with Crippen molar-refractivity contribution in [1.82, 2.24) is 10.2 Å². The topological polar surface area (TPSA) is 52.6 Å². The lowest BCUT2D eigenvalue weighted by Crippen LogP contribution is -2.36. The van der Waals surface area contributed by atoms with Crippen molar-refractivity contribution in [3.8, 4) is 0 Å². The summed E-state index contributed by atoms with van der Waals surface area (Å²) >= 11 is 0. The summed E-state index contributed by atoms with van der Waals surface area (Å²) in [5.74, 6) is -0.0376. The maximum atomic E-state index is 11.3. The minimum atomic E-state index is -0.0376. The van der Waals surface area contributed by atoms with Crippen molar-refractivity contribution < 1.29 is 9.90 Å². The summed E-state index contributed by atoms with van der Waals surface area (Å²) in [5.41, 5.74) is 1.14. The van der Waals surface area contributed by atoms with E-state index >= 15 is 0 Å². The molecule has 0 bridgehead atoms. The minimum Gasteiger partial charge on any atom is -0.395 e. The minimum absolute atomic E-state index is 0.0376. The Morgan fingerprint density at radius 2 is 2.06 bits per heavy atom. The lowest BCUT2D eigenvalue weighted by molar-refractivity contribution is -0.122. The molecular weight excluding hydrogens is 204 g/mol. The molecule has 0 saturated carbocycles. The molecule has 88 valence electrons. The number of likely N-dealkylation sites (N-methyl/N-ethyl adjacent to an activating group) is 1. The van der Waals surface area contributed by atoms with Crippen molar-refractivity contribution in [2.75, 3.05) is 26.7 Å². The number of hydrogen-bond donors (Lipinski definition) is 2. The van der Waals surface area contributed by atoms with E-state index in [1.54, 1.807) is 7.05 Å².